The highest BCUT2D eigenvalue weighted by Crippen LogP contribution is 2.68. The maximum atomic E-state index is 12.0. The fourth-order valence-electron chi connectivity index (χ4n) is 6.08. The lowest BCUT2D eigenvalue weighted by atomic mass is 10.2. The van der Waals surface area contributed by atoms with Crippen molar-refractivity contribution in [2.75, 3.05) is 33.0 Å². The number of hydrogen-bond donors (Lipinski definition) is 4. The van der Waals surface area contributed by atoms with Gasteiger partial charge >= 0.3 is 11.4 Å². The van der Waals surface area contributed by atoms with Crippen molar-refractivity contribution in [2.45, 2.75) is 102 Å². The monoisotopic (exact) mass is 1310 g/mol. The van der Waals surface area contributed by atoms with Crippen molar-refractivity contribution in [3.8, 4) is 12.3 Å². The van der Waals surface area contributed by atoms with Gasteiger partial charge < -0.3 is 76.9 Å². The van der Waals surface area contributed by atoms with Crippen LogP contribution in [0.1, 0.15) is 74.9 Å². The lowest BCUT2D eigenvalue weighted by Gasteiger charge is -2.36. The van der Waals surface area contributed by atoms with Gasteiger partial charge in [-0.3, -0.25) is 65.2 Å². The van der Waals surface area contributed by atoms with Crippen LogP contribution < -0.4 is 61.6 Å². The molecule has 4 N–H and O–H groups in total. The van der Waals surface area contributed by atoms with E-state index in [2.05, 4.69) is 59.9 Å². The molecule has 0 amide bonds. The number of aromatic amines is 2. The van der Waals surface area contributed by atoms with Gasteiger partial charge in [-0.2, -0.15) is 0 Å². The van der Waals surface area contributed by atoms with Gasteiger partial charge in [0.25, 0.3) is 73.7 Å². The molecule has 456 valence electrons. The molecular weight excluding hydrogens is 1260 g/mol. The van der Waals surface area contributed by atoms with E-state index in [4.69, 9.17) is 21.4 Å². The summed E-state index contributed by atoms with van der Waals surface area (Å²) >= 11 is 0. The number of unbranched alkanes of at least 4 members (excludes halogenated alkanes) is 4. The predicted octanol–water partition coefficient (Wildman–Crippen LogP) is -2.82. The quantitative estimate of drug-likeness (QED) is 0.0143. The number of nitrogens with one attached hydrogen (secondary N) is 2. The molecule has 0 radical (unpaired) electrons. The van der Waals surface area contributed by atoms with Crippen molar-refractivity contribution in [3.05, 3.63) is 75.6 Å². The molecule has 0 aromatic carbocycles. The Bertz CT molecular complexity index is 3210. The van der Waals surface area contributed by atoms with Crippen molar-refractivity contribution >= 4 is 62.6 Å². The second kappa shape index (κ2) is 30.3. The first-order valence-corrected chi connectivity index (χ1v) is 33.5. The lowest BCUT2D eigenvalue weighted by molar-refractivity contribution is -0.260. The zero-order valence-electron chi connectivity index (χ0n) is 40.7. The van der Waals surface area contributed by atoms with Gasteiger partial charge in [0.15, 0.2) is 0 Å². The Morgan fingerprint density at radius 3 is 1.29 bits per heavy atom. The van der Waals surface area contributed by atoms with E-state index in [1.165, 1.54) is 13.8 Å². The van der Waals surface area contributed by atoms with Gasteiger partial charge in [-0.05, 0) is 45.1 Å². The fourth-order valence-corrected chi connectivity index (χ4v) is 15.6. The molecule has 2 aliphatic rings. The molecule has 0 spiro atoms. The standard InChI is InChI=1S/C16H26N2O17P4.C15H27N5O17P4/c1-3-4-5-6-7-30-36(22,23)33-38(26,27)35-39(28,29)34-37(24,25)31-10-13-12(19)8-14(32-13)18-9-11(2)15(20)17-16(18)21;1-10-8-20(15(23)18-14(10)22)13-7-11(21)12(34-13)9-33-39(26,27)36-41(30,31)37-40(28,29)35-38(24,25)32-6-4-2-3-5-17-19-16/h1,9,12-14,19H,4-8,10H2,2H3,(H,22,23)(H,24,25)(H,26,27)(H,28,29)(H,17,20,21);8,11-13,21H,2-7,9H2,1H3,(H,24,25)(H,26,27)(H,28,29)(H,30,31)(H,18,22,23)/p-8/t12?,13-,14-;11?,12-,13-/m11/s1. The summed E-state index contributed by atoms with van der Waals surface area (Å²) in [6.45, 7) is -0.459. The first kappa shape index (κ1) is 71.5. The van der Waals surface area contributed by atoms with Gasteiger partial charge in [-0.15, -0.1) is 12.3 Å². The van der Waals surface area contributed by atoms with E-state index >= 15 is 0 Å². The number of H-pyrrole nitrogens is 2. The Morgan fingerprint density at radius 1 is 0.600 bits per heavy atom. The average Bonchev–Trinajstić information content (AvgIpc) is 3.85. The third-order valence-corrected chi connectivity index (χ3v) is 21.0. The maximum absolute atomic E-state index is 12.0. The predicted molar refractivity (Wildman–Crippen MR) is 243 cm³/mol. The Labute approximate surface area is 448 Å². The summed E-state index contributed by atoms with van der Waals surface area (Å²) < 4.78 is 144. The number of phosphoric acid groups is 8. The minimum absolute atomic E-state index is 0.0435. The largest absolute Gasteiger partial charge is 0.756 e. The SMILES string of the molecule is C#CCCCCOP(=O)([O-])OP(=O)([O-])OP(=O)([O-])OP(=O)([O-])OC[C@H]1O[C@@H](n2cc(C)c(=O)[nH]c2=O)CC1O.Cc1cn([C@H]2CC(O)[C@@H](COP(=O)([O-])OP(=O)([O-])OP(=O)([O-])OP(=O)([O-])OCCCCCN=[N+]=[N-])O2)c(=O)[nH]c1=O. The van der Waals surface area contributed by atoms with Gasteiger partial charge in [0, 0.05) is 54.2 Å². The number of aliphatic hydroxyl groups is 2. The van der Waals surface area contributed by atoms with Crippen LogP contribution in [0.4, 0.5) is 0 Å². The second-order valence-corrected chi connectivity index (χ2v) is 27.9. The molecule has 2 aromatic rings. The van der Waals surface area contributed by atoms with E-state index in [0.29, 0.717) is 19.3 Å². The maximum Gasteiger partial charge on any atom is 0.330 e. The molecule has 2 fully saturated rings. The summed E-state index contributed by atoms with van der Waals surface area (Å²) in [7, 11) is -48.7. The summed E-state index contributed by atoms with van der Waals surface area (Å²) in [5.41, 5.74) is 5.22. The van der Waals surface area contributed by atoms with Crippen LogP contribution in [-0.2, 0) is 90.0 Å². The highest BCUT2D eigenvalue weighted by atomic mass is 31.3. The third-order valence-electron chi connectivity index (χ3n) is 9.49. The van der Waals surface area contributed by atoms with Crippen molar-refractivity contribution in [3.63, 3.8) is 0 Å². The molecule has 0 aliphatic carbocycles. The van der Waals surface area contributed by atoms with E-state index in [1.54, 1.807) is 0 Å². The van der Waals surface area contributed by atoms with Gasteiger partial charge in [0.05, 0.1) is 38.6 Å². The Hall–Kier alpha value is -2.81. The number of terminal acetylenes is 1. The molecule has 80 heavy (non-hydrogen) atoms. The molecule has 4 heterocycles. The average molecular weight is 1310 g/mol. The smallest absolute Gasteiger partial charge is 0.330 e. The highest BCUT2D eigenvalue weighted by molar-refractivity contribution is 7.69. The van der Waals surface area contributed by atoms with E-state index in [-0.39, 0.29) is 49.8 Å². The number of hydrogen-bond acceptors (Lipinski definition) is 35. The first-order valence-electron chi connectivity index (χ1n) is 21.8. The molecule has 49 heteroatoms. The van der Waals surface area contributed by atoms with Gasteiger partial charge in [0.1, 0.15) is 24.7 Å². The molecule has 2 aromatic heterocycles. The summed E-state index contributed by atoms with van der Waals surface area (Å²) in [5.74, 6) is 2.26. The van der Waals surface area contributed by atoms with Crippen LogP contribution in [0, 0.1) is 26.2 Å². The van der Waals surface area contributed by atoms with E-state index in [1.807, 2.05) is 9.97 Å². The number of rotatable bonds is 32. The van der Waals surface area contributed by atoms with Crippen molar-refractivity contribution in [1.82, 2.24) is 19.1 Å². The van der Waals surface area contributed by atoms with Crippen LogP contribution in [0.3, 0.4) is 0 Å². The van der Waals surface area contributed by atoms with Crippen LogP contribution in [-0.4, -0.2) is 86.7 Å². The molecule has 0 saturated carbocycles. The van der Waals surface area contributed by atoms with E-state index < -0.39 is 148 Å². The number of azide groups is 1. The van der Waals surface area contributed by atoms with Gasteiger partial charge in [0.2, 0.25) is 0 Å². The van der Waals surface area contributed by atoms with Crippen LogP contribution >= 0.6 is 62.6 Å². The minimum atomic E-state index is -6.41. The number of aliphatic hydroxyl groups excluding tert-OH is 2. The number of phosphoric ester groups is 4. The van der Waals surface area contributed by atoms with Crippen molar-refractivity contribution in [1.29, 1.82) is 0 Å². The second-order valence-electron chi connectivity index (χ2n) is 15.8. The fraction of sp³-hybridized carbons (Fsp3) is 0.677. The van der Waals surface area contributed by atoms with Gasteiger partial charge in [-0.25, -0.2) is 35.5 Å². The molecule has 2 saturated heterocycles. The Kier molecular flexibility index (Phi) is 27.1. The molecule has 4 rings (SSSR count). The van der Waals surface area contributed by atoms with Crippen LogP contribution in [0.25, 0.3) is 10.4 Å². The molecule has 0 bridgehead atoms. The molecule has 2 aliphatic heterocycles. The first-order chi connectivity index (χ1) is 36.7. The number of nitrogens with zero attached hydrogens (tertiary/aromatic N) is 5. The Morgan fingerprint density at radius 2 is 0.938 bits per heavy atom. The highest BCUT2D eigenvalue weighted by Gasteiger charge is 2.39. The van der Waals surface area contributed by atoms with Crippen LogP contribution in [0.15, 0.2) is 36.7 Å². The third kappa shape index (κ3) is 25.6. The summed E-state index contributed by atoms with van der Waals surface area (Å²) in [6.07, 6.45) is -0.150. The zero-order chi connectivity index (χ0) is 60.7. The Balaban J connectivity index is 0.000000421. The van der Waals surface area contributed by atoms with Gasteiger partial charge in [-0.1, -0.05) is 11.5 Å². The van der Waals surface area contributed by atoms with Crippen molar-refractivity contribution < 1.29 is 139 Å². The van der Waals surface area contributed by atoms with E-state index in [0.717, 1.165) is 21.5 Å². The molecule has 41 nitrogen and oxygen atoms in total. The lowest BCUT2D eigenvalue weighted by Crippen LogP contribution is -2.33. The summed E-state index contributed by atoms with van der Waals surface area (Å²) in [5, 5.41) is 23.4. The molecule has 14 atom stereocenters. The number of aryl methyl sites for hydroxylation is 2. The zero-order valence-corrected chi connectivity index (χ0v) is 47.8. The van der Waals surface area contributed by atoms with Crippen LogP contribution in [0.5, 0.6) is 0 Å². The summed E-state index contributed by atoms with van der Waals surface area (Å²) in [4.78, 5) is 147. The number of ether oxygens (including phenoxy) is 2. The minimum Gasteiger partial charge on any atom is -0.756 e. The van der Waals surface area contributed by atoms with Crippen LogP contribution in [0.2, 0.25) is 0 Å². The molecular formula is C31H45N7O34P8-8. The topological polar surface area (TPSA) is 631 Å². The number of aromatic nitrogens is 4. The summed E-state index contributed by atoms with van der Waals surface area (Å²) in [6, 6.07) is 0. The molecule has 10 unspecified atom stereocenters. The van der Waals surface area contributed by atoms with E-state index in [9.17, 15) is 105 Å². The van der Waals surface area contributed by atoms with Crippen molar-refractivity contribution in [2.24, 2.45) is 5.11 Å². The normalized spacial score (nSPS) is 25.2.